The highest BCUT2D eigenvalue weighted by atomic mass is 32.2. The number of nitro groups is 1. The maximum Gasteiger partial charge on any atom is 0.269 e. The van der Waals surface area contributed by atoms with E-state index >= 15 is 0 Å². The Labute approximate surface area is 179 Å². The number of benzene rings is 2. The number of hydrazone groups is 1. The molecule has 2 aromatic rings. The molecule has 0 saturated heterocycles. The second-order valence-corrected chi connectivity index (χ2v) is 7.54. The van der Waals surface area contributed by atoms with Crippen LogP contribution in [-0.2, 0) is 10.5 Å². The van der Waals surface area contributed by atoms with Crippen molar-refractivity contribution in [2.75, 3.05) is 5.75 Å². The van der Waals surface area contributed by atoms with Gasteiger partial charge in [-0.1, -0.05) is 37.3 Å². The van der Waals surface area contributed by atoms with Crippen molar-refractivity contribution in [3.8, 4) is 0 Å². The summed E-state index contributed by atoms with van der Waals surface area (Å²) in [5, 5.41) is 17.5. The van der Waals surface area contributed by atoms with E-state index in [1.165, 1.54) is 36.0 Å². The number of thioether (sulfide) groups is 1. The third-order valence-electron chi connectivity index (χ3n) is 4.23. The molecule has 1 atom stereocenters. The maximum absolute atomic E-state index is 12.6. The first-order chi connectivity index (χ1) is 14.4. The lowest BCUT2D eigenvalue weighted by Crippen LogP contribution is -2.47. The Morgan fingerprint density at radius 1 is 1.13 bits per heavy atom. The van der Waals surface area contributed by atoms with Crippen molar-refractivity contribution in [3.63, 3.8) is 0 Å². The fourth-order valence-corrected chi connectivity index (χ4v) is 3.35. The number of rotatable bonds is 10. The number of nitro benzene ring substituents is 1. The molecule has 0 aromatic heterocycles. The van der Waals surface area contributed by atoms with Crippen LogP contribution in [-0.4, -0.2) is 34.2 Å². The van der Waals surface area contributed by atoms with Crippen molar-refractivity contribution in [2.45, 2.75) is 32.1 Å². The third-order valence-corrected chi connectivity index (χ3v) is 5.33. The summed E-state index contributed by atoms with van der Waals surface area (Å²) in [5.74, 6) is 0.135. The van der Waals surface area contributed by atoms with E-state index in [9.17, 15) is 19.7 Å². The van der Waals surface area contributed by atoms with Crippen LogP contribution in [0.4, 0.5) is 5.69 Å². The van der Waals surface area contributed by atoms with Crippen LogP contribution in [0.15, 0.2) is 59.7 Å². The molecule has 9 heteroatoms. The Hall–Kier alpha value is -3.20. The van der Waals surface area contributed by atoms with Gasteiger partial charge in [-0.2, -0.15) is 16.9 Å². The van der Waals surface area contributed by atoms with Gasteiger partial charge in [0.1, 0.15) is 6.04 Å². The molecule has 2 aromatic carbocycles. The minimum absolute atomic E-state index is 0.108. The minimum Gasteiger partial charge on any atom is -0.339 e. The predicted octanol–water partition coefficient (Wildman–Crippen LogP) is 3.53. The van der Waals surface area contributed by atoms with Gasteiger partial charge in [-0.15, -0.1) is 0 Å². The van der Waals surface area contributed by atoms with Crippen LogP contribution in [0.25, 0.3) is 0 Å². The molecule has 0 radical (unpaired) electrons. The number of non-ortho nitro benzene ring substituents is 1. The van der Waals surface area contributed by atoms with Gasteiger partial charge in [0.2, 0.25) is 0 Å². The SMILES string of the molecule is CCC(C)=NNC(=O)C(CSCc1ccccc1)NC(=O)c1ccc([N+](=O)[O-])cc1. The zero-order valence-corrected chi connectivity index (χ0v) is 17.6. The Bertz CT molecular complexity index is 901. The molecule has 158 valence electrons. The molecule has 0 saturated carbocycles. The minimum atomic E-state index is -0.810. The molecule has 0 bridgehead atoms. The van der Waals surface area contributed by atoms with E-state index in [0.29, 0.717) is 17.9 Å². The summed E-state index contributed by atoms with van der Waals surface area (Å²) < 4.78 is 0. The Kier molecular flexibility index (Phi) is 9.02. The highest BCUT2D eigenvalue weighted by molar-refractivity contribution is 7.98. The van der Waals surface area contributed by atoms with E-state index in [-0.39, 0.29) is 11.3 Å². The average Bonchev–Trinajstić information content (AvgIpc) is 2.77. The Balaban J connectivity index is 2.05. The summed E-state index contributed by atoms with van der Waals surface area (Å²) in [7, 11) is 0. The number of carbonyl (C=O) groups excluding carboxylic acids is 2. The molecule has 0 spiro atoms. The van der Waals surface area contributed by atoms with Crippen molar-refractivity contribution >= 4 is 35.0 Å². The van der Waals surface area contributed by atoms with Crippen molar-refractivity contribution in [1.82, 2.24) is 10.7 Å². The highest BCUT2D eigenvalue weighted by Gasteiger charge is 2.22. The molecule has 0 fully saturated rings. The molecule has 0 heterocycles. The number of amides is 2. The van der Waals surface area contributed by atoms with E-state index in [2.05, 4.69) is 15.8 Å². The fraction of sp³-hybridized carbons (Fsp3) is 0.286. The summed E-state index contributed by atoms with van der Waals surface area (Å²) in [6.45, 7) is 3.73. The highest BCUT2D eigenvalue weighted by Crippen LogP contribution is 2.15. The number of hydrogen-bond acceptors (Lipinski definition) is 6. The summed E-state index contributed by atoms with van der Waals surface area (Å²) in [5.41, 5.74) is 4.50. The summed E-state index contributed by atoms with van der Waals surface area (Å²) in [4.78, 5) is 35.4. The van der Waals surface area contributed by atoms with Gasteiger partial charge in [0.05, 0.1) is 4.92 Å². The summed E-state index contributed by atoms with van der Waals surface area (Å²) in [6.07, 6.45) is 0.697. The first-order valence-electron chi connectivity index (χ1n) is 9.40. The van der Waals surface area contributed by atoms with E-state index in [0.717, 1.165) is 11.3 Å². The van der Waals surface area contributed by atoms with Crippen molar-refractivity contribution in [1.29, 1.82) is 0 Å². The molecule has 2 N–H and O–H groups in total. The normalized spacial score (nSPS) is 12.1. The second kappa shape index (κ2) is 11.7. The maximum atomic E-state index is 12.6. The molecule has 0 aliphatic carbocycles. The lowest BCUT2D eigenvalue weighted by molar-refractivity contribution is -0.384. The van der Waals surface area contributed by atoms with Gasteiger partial charge >= 0.3 is 0 Å². The zero-order chi connectivity index (χ0) is 21.9. The van der Waals surface area contributed by atoms with Gasteiger partial charge in [0, 0.05) is 34.9 Å². The third kappa shape index (κ3) is 7.32. The zero-order valence-electron chi connectivity index (χ0n) is 16.8. The van der Waals surface area contributed by atoms with Crippen LogP contribution >= 0.6 is 11.8 Å². The average molecular weight is 429 g/mol. The van der Waals surface area contributed by atoms with E-state index in [1.807, 2.05) is 37.3 Å². The van der Waals surface area contributed by atoms with Crippen molar-refractivity contribution < 1.29 is 14.5 Å². The lowest BCUT2D eigenvalue weighted by Gasteiger charge is -2.17. The standard InChI is InChI=1S/C21H24N4O4S/c1-3-15(2)23-24-21(27)19(14-30-13-16-7-5-4-6-8-16)22-20(26)17-9-11-18(12-10-17)25(28)29/h4-12,19H,3,13-14H2,1-2H3,(H,22,26)(H,24,27). The molecule has 0 aliphatic heterocycles. The van der Waals surface area contributed by atoms with E-state index in [4.69, 9.17) is 0 Å². The first-order valence-corrected chi connectivity index (χ1v) is 10.6. The van der Waals surface area contributed by atoms with Gasteiger partial charge < -0.3 is 5.32 Å². The van der Waals surface area contributed by atoms with Crippen LogP contribution in [0.2, 0.25) is 0 Å². The number of nitrogens with zero attached hydrogens (tertiary/aromatic N) is 2. The number of hydrogen-bond donors (Lipinski definition) is 2. The van der Waals surface area contributed by atoms with Crippen LogP contribution in [0, 0.1) is 10.1 Å². The van der Waals surface area contributed by atoms with Crippen molar-refractivity contribution in [3.05, 3.63) is 75.8 Å². The summed E-state index contributed by atoms with van der Waals surface area (Å²) in [6, 6.07) is 14.2. The topological polar surface area (TPSA) is 114 Å². The first kappa shape index (κ1) is 23.1. The van der Waals surface area contributed by atoms with E-state index in [1.54, 1.807) is 6.92 Å². The molecule has 30 heavy (non-hydrogen) atoms. The molecule has 8 nitrogen and oxygen atoms in total. The molecular weight excluding hydrogens is 404 g/mol. The molecule has 2 amide bonds. The predicted molar refractivity (Wildman–Crippen MR) is 118 cm³/mol. The lowest BCUT2D eigenvalue weighted by atomic mass is 10.2. The molecular formula is C21H24N4O4S. The Morgan fingerprint density at radius 2 is 1.80 bits per heavy atom. The van der Waals surface area contributed by atoms with Crippen LogP contribution in [0.5, 0.6) is 0 Å². The van der Waals surface area contributed by atoms with Gasteiger partial charge in [-0.3, -0.25) is 19.7 Å². The van der Waals surface area contributed by atoms with Crippen LogP contribution in [0.1, 0.15) is 36.2 Å². The molecule has 0 aliphatic rings. The van der Waals surface area contributed by atoms with E-state index < -0.39 is 22.8 Å². The monoisotopic (exact) mass is 428 g/mol. The van der Waals surface area contributed by atoms with Gasteiger partial charge in [-0.05, 0) is 31.0 Å². The van der Waals surface area contributed by atoms with Crippen LogP contribution in [0.3, 0.4) is 0 Å². The Morgan fingerprint density at radius 3 is 2.40 bits per heavy atom. The van der Waals surface area contributed by atoms with Gasteiger partial charge in [0.15, 0.2) is 0 Å². The largest absolute Gasteiger partial charge is 0.339 e. The van der Waals surface area contributed by atoms with Crippen LogP contribution < -0.4 is 10.7 Å². The second-order valence-electron chi connectivity index (χ2n) is 6.51. The number of nitrogens with one attached hydrogen (secondary N) is 2. The van der Waals surface area contributed by atoms with Crippen molar-refractivity contribution in [2.24, 2.45) is 5.10 Å². The number of carbonyl (C=O) groups is 2. The summed E-state index contributed by atoms with van der Waals surface area (Å²) >= 11 is 1.51. The smallest absolute Gasteiger partial charge is 0.269 e. The molecule has 2 rings (SSSR count). The van der Waals surface area contributed by atoms with Gasteiger partial charge in [0.25, 0.3) is 17.5 Å². The molecule has 1 unspecified atom stereocenters. The fourth-order valence-electron chi connectivity index (χ4n) is 2.34. The van der Waals surface area contributed by atoms with Gasteiger partial charge in [-0.25, -0.2) is 5.43 Å². The quantitative estimate of drug-likeness (QED) is 0.341.